The topological polar surface area (TPSA) is 66.4 Å². The first-order valence-corrected chi connectivity index (χ1v) is 7.35. The molecule has 19 heavy (non-hydrogen) atoms. The Hall–Kier alpha value is -0.910. The summed E-state index contributed by atoms with van der Waals surface area (Å²) in [6, 6.07) is 4.93. The third kappa shape index (κ3) is 5.72. The Morgan fingerprint density at radius 1 is 1.32 bits per heavy atom. The molecule has 0 spiro atoms. The molecule has 0 fully saturated rings. The first-order valence-electron chi connectivity index (χ1n) is 5.44. The van der Waals surface area contributed by atoms with E-state index in [4.69, 9.17) is 28.3 Å². The van der Waals surface area contributed by atoms with Crippen LogP contribution >= 0.6 is 35.0 Å². The number of aliphatic carboxylic acids is 1. The smallest absolute Gasteiger partial charge is 0.313 e. The van der Waals surface area contributed by atoms with Crippen LogP contribution in [-0.2, 0) is 9.59 Å². The number of hydrogen-bond donors (Lipinski definition) is 2. The number of benzene rings is 1. The largest absolute Gasteiger partial charge is 0.481 e. The fourth-order valence-corrected chi connectivity index (χ4v) is 2.23. The van der Waals surface area contributed by atoms with Crippen molar-refractivity contribution in [1.82, 2.24) is 5.32 Å². The van der Waals surface area contributed by atoms with Gasteiger partial charge in [0.25, 0.3) is 0 Å². The van der Waals surface area contributed by atoms with E-state index < -0.39 is 5.97 Å². The maximum Gasteiger partial charge on any atom is 0.313 e. The van der Waals surface area contributed by atoms with E-state index in [0.29, 0.717) is 10.0 Å². The minimum Gasteiger partial charge on any atom is -0.481 e. The molecule has 0 aliphatic rings. The molecule has 0 aliphatic carbocycles. The maximum absolute atomic E-state index is 11.6. The van der Waals surface area contributed by atoms with Crippen molar-refractivity contribution in [3.05, 3.63) is 33.8 Å². The van der Waals surface area contributed by atoms with E-state index in [2.05, 4.69) is 5.32 Å². The molecule has 0 aliphatic heterocycles. The number of carbonyl (C=O) groups is 2. The highest BCUT2D eigenvalue weighted by molar-refractivity contribution is 8.00. The van der Waals surface area contributed by atoms with Crippen LogP contribution in [0.2, 0.25) is 10.0 Å². The molecule has 1 aromatic rings. The van der Waals surface area contributed by atoms with Gasteiger partial charge < -0.3 is 10.4 Å². The quantitative estimate of drug-likeness (QED) is 0.845. The Labute approximate surface area is 125 Å². The minimum absolute atomic E-state index is 0.0887. The number of carboxylic acids is 1. The molecule has 1 aromatic carbocycles. The van der Waals surface area contributed by atoms with Gasteiger partial charge in [-0.3, -0.25) is 9.59 Å². The van der Waals surface area contributed by atoms with Gasteiger partial charge in [0.1, 0.15) is 0 Å². The first-order chi connectivity index (χ1) is 8.90. The number of halogens is 2. The summed E-state index contributed by atoms with van der Waals surface area (Å²) in [5.41, 5.74) is 0.839. The molecule has 4 nitrogen and oxygen atoms in total. The van der Waals surface area contributed by atoms with Crippen LogP contribution in [0.15, 0.2) is 18.2 Å². The Kier molecular flexibility index (Phi) is 6.48. The monoisotopic (exact) mass is 321 g/mol. The summed E-state index contributed by atoms with van der Waals surface area (Å²) in [6.45, 7) is 1.82. The average Bonchev–Trinajstić information content (AvgIpc) is 2.32. The lowest BCUT2D eigenvalue weighted by Crippen LogP contribution is -2.28. The fraction of sp³-hybridized carbons (Fsp3) is 0.333. The Bertz CT molecular complexity index is 482. The predicted molar refractivity (Wildman–Crippen MR) is 78.0 cm³/mol. The maximum atomic E-state index is 11.6. The molecule has 0 aromatic heterocycles. The van der Waals surface area contributed by atoms with E-state index in [1.165, 1.54) is 0 Å². The van der Waals surface area contributed by atoms with Gasteiger partial charge in [0.15, 0.2) is 0 Å². The summed E-state index contributed by atoms with van der Waals surface area (Å²) < 4.78 is 0. The SMILES string of the molecule is CC(NC(=O)CSCC(=O)O)c1ccc(Cl)c(Cl)c1. The van der Waals surface area contributed by atoms with Crippen LogP contribution in [0.3, 0.4) is 0 Å². The second kappa shape index (κ2) is 7.62. The minimum atomic E-state index is -0.935. The normalized spacial score (nSPS) is 11.9. The summed E-state index contributed by atoms with van der Waals surface area (Å²) in [5, 5.41) is 12.1. The van der Waals surface area contributed by atoms with Crippen molar-refractivity contribution in [1.29, 1.82) is 0 Å². The number of hydrogen-bond acceptors (Lipinski definition) is 3. The third-order valence-corrected chi connectivity index (χ3v) is 3.94. The van der Waals surface area contributed by atoms with Crippen LogP contribution in [0.4, 0.5) is 0 Å². The van der Waals surface area contributed by atoms with E-state index in [9.17, 15) is 9.59 Å². The molecule has 1 unspecified atom stereocenters. The van der Waals surface area contributed by atoms with E-state index in [1.807, 2.05) is 6.92 Å². The molecule has 1 atom stereocenters. The van der Waals surface area contributed by atoms with Crippen molar-refractivity contribution < 1.29 is 14.7 Å². The molecule has 2 N–H and O–H groups in total. The average molecular weight is 322 g/mol. The number of amides is 1. The van der Waals surface area contributed by atoms with Crippen LogP contribution in [0.5, 0.6) is 0 Å². The van der Waals surface area contributed by atoms with Crippen LogP contribution in [0.25, 0.3) is 0 Å². The predicted octanol–water partition coefficient (Wildman–Crippen LogP) is 2.99. The lowest BCUT2D eigenvalue weighted by atomic mass is 10.1. The highest BCUT2D eigenvalue weighted by Crippen LogP contribution is 2.25. The molecule has 0 saturated heterocycles. The second-order valence-electron chi connectivity index (χ2n) is 3.85. The summed E-state index contributed by atoms with van der Waals surface area (Å²) >= 11 is 12.8. The molecule has 0 saturated carbocycles. The highest BCUT2D eigenvalue weighted by Gasteiger charge is 2.11. The third-order valence-electron chi connectivity index (χ3n) is 2.28. The molecule has 0 bridgehead atoms. The number of carboxylic acid groups (broad SMARTS) is 1. The van der Waals surface area contributed by atoms with E-state index in [1.54, 1.807) is 18.2 Å². The summed E-state index contributed by atoms with van der Waals surface area (Å²) in [5.74, 6) is -1.13. The number of carbonyl (C=O) groups excluding carboxylic acids is 1. The summed E-state index contributed by atoms with van der Waals surface area (Å²) in [6.07, 6.45) is 0. The molecule has 1 amide bonds. The number of rotatable bonds is 6. The van der Waals surface area contributed by atoms with Gasteiger partial charge in [-0.2, -0.15) is 0 Å². The van der Waals surface area contributed by atoms with E-state index >= 15 is 0 Å². The van der Waals surface area contributed by atoms with Gasteiger partial charge in [-0.25, -0.2) is 0 Å². The molecule has 7 heteroatoms. The van der Waals surface area contributed by atoms with Crippen LogP contribution in [0.1, 0.15) is 18.5 Å². The zero-order valence-electron chi connectivity index (χ0n) is 10.2. The molecular weight excluding hydrogens is 309 g/mol. The lowest BCUT2D eigenvalue weighted by Gasteiger charge is -2.14. The van der Waals surface area contributed by atoms with Gasteiger partial charge >= 0.3 is 5.97 Å². The fourth-order valence-electron chi connectivity index (χ4n) is 1.38. The van der Waals surface area contributed by atoms with Crippen molar-refractivity contribution in [3.8, 4) is 0 Å². The zero-order valence-corrected chi connectivity index (χ0v) is 12.5. The molecular formula is C12H13Cl2NO3S. The van der Waals surface area contributed by atoms with E-state index in [0.717, 1.165) is 17.3 Å². The van der Waals surface area contributed by atoms with Crippen molar-refractivity contribution in [2.45, 2.75) is 13.0 Å². The highest BCUT2D eigenvalue weighted by atomic mass is 35.5. The van der Waals surface area contributed by atoms with Gasteiger partial charge in [-0.15, -0.1) is 11.8 Å². The molecule has 1 rings (SSSR count). The summed E-state index contributed by atoms with van der Waals surface area (Å²) in [4.78, 5) is 21.9. The van der Waals surface area contributed by atoms with E-state index in [-0.39, 0.29) is 23.5 Å². The Morgan fingerprint density at radius 3 is 2.58 bits per heavy atom. The van der Waals surface area contributed by atoms with Crippen molar-refractivity contribution in [2.24, 2.45) is 0 Å². The zero-order chi connectivity index (χ0) is 14.4. The van der Waals surface area contributed by atoms with Crippen LogP contribution in [-0.4, -0.2) is 28.5 Å². The number of nitrogens with one attached hydrogen (secondary N) is 1. The van der Waals surface area contributed by atoms with Crippen molar-refractivity contribution in [2.75, 3.05) is 11.5 Å². The van der Waals surface area contributed by atoms with Gasteiger partial charge in [-0.1, -0.05) is 29.3 Å². The summed E-state index contributed by atoms with van der Waals surface area (Å²) in [7, 11) is 0. The molecule has 104 valence electrons. The van der Waals surface area contributed by atoms with Crippen molar-refractivity contribution >= 4 is 46.8 Å². The first kappa shape index (κ1) is 16.1. The van der Waals surface area contributed by atoms with Crippen molar-refractivity contribution in [3.63, 3.8) is 0 Å². The Balaban J connectivity index is 2.49. The van der Waals surface area contributed by atoms with Gasteiger partial charge in [0, 0.05) is 0 Å². The Morgan fingerprint density at radius 2 is 2.00 bits per heavy atom. The van der Waals surface area contributed by atoms with Gasteiger partial charge in [0.05, 0.1) is 27.6 Å². The van der Waals surface area contributed by atoms with Crippen LogP contribution in [0, 0.1) is 0 Å². The molecule has 0 radical (unpaired) electrons. The van der Waals surface area contributed by atoms with Gasteiger partial charge in [-0.05, 0) is 24.6 Å². The molecule has 0 heterocycles. The van der Waals surface area contributed by atoms with Crippen LogP contribution < -0.4 is 5.32 Å². The standard InChI is InChI=1S/C12H13Cl2NO3S/c1-7(8-2-3-9(13)10(14)4-8)15-11(16)5-19-6-12(17)18/h2-4,7H,5-6H2,1H3,(H,15,16)(H,17,18). The number of thioether (sulfide) groups is 1. The van der Waals surface area contributed by atoms with Gasteiger partial charge in [0.2, 0.25) is 5.91 Å². The lowest BCUT2D eigenvalue weighted by molar-refractivity contribution is -0.133. The second-order valence-corrected chi connectivity index (χ2v) is 5.65.